The maximum absolute atomic E-state index is 5.63. The number of nitrogens with two attached hydrogens (primary N) is 1. The van der Waals surface area contributed by atoms with E-state index in [-0.39, 0.29) is 0 Å². The van der Waals surface area contributed by atoms with E-state index >= 15 is 0 Å². The second-order valence-electron chi connectivity index (χ2n) is 4.11. The summed E-state index contributed by atoms with van der Waals surface area (Å²) < 4.78 is 0. The van der Waals surface area contributed by atoms with Crippen molar-refractivity contribution >= 4 is 11.8 Å². The van der Waals surface area contributed by atoms with Crippen molar-refractivity contribution < 1.29 is 0 Å². The van der Waals surface area contributed by atoms with Crippen molar-refractivity contribution in [2.24, 2.45) is 23.5 Å². The van der Waals surface area contributed by atoms with Crippen LogP contribution in [-0.4, -0.2) is 18.1 Å². The molecule has 72 valence electrons. The van der Waals surface area contributed by atoms with Crippen molar-refractivity contribution in [3.8, 4) is 0 Å². The fraction of sp³-hybridized carbons (Fsp3) is 1.00. The van der Waals surface area contributed by atoms with Crippen LogP contribution < -0.4 is 5.73 Å². The molecule has 0 aromatic heterocycles. The van der Waals surface area contributed by atoms with Crippen molar-refractivity contribution in [1.82, 2.24) is 0 Å². The SMILES string of the molecule is CC(C)C(CCN)C1CCSC1. The van der Waals surface area contributed by atoms with Crippen molar-refractivity contribution in [1.29, 1.82) is 0 Å². The molecular weight excluding hydrogens is 166 g/mol. The molecule has 2 N–H and O–H groups in total. The Kier molecular flexibility index (Phi) is 4.44. The lowest BCUT2D eigenvalue weighted by Crippen LogP contribution is -2.23. The first-order chi connectivity index (χ1) is 5.75. The van der Waals surface area contributed by atoms with Gasteiger partial charge >= 0.3 is 0 Å². The van der Waals surface area contributed by atoms with E-state index in [4.69, 9.17) is 5.73 Å². The lowest BCUT2D eigenvalue weighted by atomic mass is 9.81. The summed E-state index contributed by atoms with van der Waals surface area (Å²) in [5, 5.41) is 0. The fourth-order valence-electron chi connectivity index (χ4n) is 2.20. The summed E-state index contributed by atoms with van der Waals surface area (Å²) in [7, 11) is 0. The molecule has 2 heteroatoms. The summed E-state index contributed by atoms with van der Waals surface area (Å²) in [5.74, 6) is 5.40. The number of thioether (sulfide) groups is 1. The van der Waals surface area contributed by atoms with Crippen LogP contribution in [0.1, 0.15) is 26.7 Å². The predicted octanol–water partition coefficient (Wildman–Crippen LogP) is 2.36. The van der Waals surface area contributed by atoms with Gasteiger partial charge in [0.25, 0.3) is 0 Å². The molecule has 1 fully saturated rings. The maximum atomic E-state index is 5.63. The predicted molar refractivity (Wildman–Crippen MR) is 57.4 cm³/mol. The summed E-state index contributed by atoms with van der Waals surface area (Å²) in [6.45, 7) is 5.54. The third-order valence-corrected chi connectivity index (χ3v) is 4.11. The van der Waals surface area contributed by atoms with Crippen molar-refractivity contribution in [2.75, 3.05) is 18.1 Å². The quantitative estimate of drug-likeness (QED) is 0.731. The van der Waals surface area contributed by atoms with Crippen molar-refractivity contribution in [3.05, 3.63) is 0 Å². The molecule has 2 atom stereocenters. The van der Waals surface area contributed by atoms with Crippen LogP contribution >= 0.6 is 11.8 Å². The lowest BCUT2D eigenvalue weighted by molar-refractivity contribution is 0.262. The topological polar surface area (TPSA) is 26.0 Å². The minimum atomic E-state index is 0.817. The highest BCUT2D eigenvalue weighted by atomic mass is 32.2. The van der Waals surface area contributed by atoms with E-state index in [2.05, 4.69) is 25.6 Å². The summed E-state index contributed by atoms with van der Waals surface area (Å²) in [6.07, 6.45) is 2.65. The summed E-state index contributed by atoms with van der Waals surface area (Å²) in [6, 6.07) is 0. The summed E-state index contributed by atoms with van der Waals surface area (Å²) >= 11 is 2.11. The van der Waals surface area contributed by atoms with Gasteiger partial charge in [0.2, 0.25) is 0 Å². The average Bonchev–Trinajstić information content (AvgIpc) is 2.51. The molecule has 1 rings (SSSR count). The van der Waals surface area contributed by atoms with Gasteiger partial charge < -0.3 is 5.73 Å². The highest BCUT2D eigenvalue weighted by Gasteiger charge is 2.26. The van der Waals surface area contributed by atoms with E-state index in [1.807, 2.05) is 0 Å². The Hall–Kier alpha value is 0.310. The first kappa shape index (κ1) is 10.4. The largest absolute Gasteiger partial charge is 0.330 e. The van der Waals surface area contributed by atoms with Crippen LogP contribution in [0.15, 0.2) is 0 Å². The summed E-state index contributed by atoms with van der Waals surface area (Å²) in [4.78, 5) is 0. The van der Waals surface area contributed by atoms with E-state index in [1.165, 1.54) is 24.3 Å². The smallest absolute Gasteiger partial charge is 0.00361 e. The maximum Gasteiger partial charge on any atom is -0.00361 e. The zero-order valence-corrected chi connectivity index (χ0v) is 9.07. The molecule has 0 spiro atoms. The minimum Gasteiger partial charge on any atom is -0.330 e. The van der Waals surface area contributed by atoms with E-state index < -0.39 is 0 Å². The number of rotatable bonds is 4. The van der Waals surface area contributed by atoms with Crippen LogP contribution in [0.4, 0.5) is 0 Å². The molecule has 1 nitrogen and oxygen atoms in total. The Morgan fingerprint density at radius 2 is 2.25 bits per heavy atom. The van der Waals surface area contributed by atoms with Crippen molar-refractivity contribution in [3.63, 3.8) is 0 Å². The van der Waals surface area contributed by atoms with Gasteiger partial charge in [-0.25, -0.2) is 0 Å². The molecule has 0 radical (unpaired) electrons. The van der Waals surface area contributed by atoms with Crippen LogP contribution in [0.25, 0.3) is 0 Å². The van der Waals surface area contributed by atoms with Gasteiger partial charge in [0.1, 0.15) is 0 Å². The van der Waals surface area contributed by atoms with Gasteiger partial charge in [0, 0.05) is 0 Å². The Morgan fingerprint density at radius 3 is 2.67 bits per heavy atom. The molecule has 0 aromatic carbocycles. The van der Waals surface area contributed by atoms with Gasteiger partial charge in [-0.15, -0.1) is 0 Å². The van der Waals surface area contributed by atoms with Crippen LogP contribution in [0.2, 0.25) is 0 Å². The van der Waals surface area contributed by atoms with E-state index in [0.29, 0.717) is 0 Å². The fourth-order valence-corrected chi connectivity index (χ4v) is 3.55. The molecule has 0 aromatic rings. The van der Waals surface area contributed by atoms with E-state index in [0.717, 1.165) is 24.3 Å². The highest BCUT2D eigenvalue weighted by molar-refractivity contribution is 7.99. The van der Waals surface area contributed by atoms with Crippen LogP contribution in [0, 0.1) is 17.8 Å². The second-order valence-corrected chi connectivity index (χ2v) is 5.26. The third-order valence-electron chi connectivity index (χ3n) is 2.93. The van der Waals surface area contributed by atoms with E-state index in [1.54, 1.807) is 0 Å². The molecule has 0 saturated carbocycles. The number of hydrogen-bond acceptors (Lipinski definition) is 2. The molecule has 2 unspecified atom stereocenters. The highest BCUT2D eigenvalue weighted by Crippen LogP contribution is 2.35. The molecule has 1 heterocycles. The second kappa shape index (κ2) is 5.13. The molecule has 0 bridgehead atoms. The number of hydrogen-bond donors (Lipinski definition) is 1. The molecule has 12 heavy (non-hydrogen) atoms. The summed E-state index contributed by atoms with van der Waals surface area (Å²) in [5.41, 5.74) is 5.63. The molecular formula is C10H21NS. The Bertz CT molecular complexity index is 119. The lowest BCUT2D eigenvalue weighted by Gasteiger charge is -2.26. The average molecular weight is 187 g/mol. The first-order valence-corrected chi connectivity index (χ1v) is 6.19. The van der Waals surface area contributed by atoms with Gasteiger partial charge in [0.05, 0.1) is 0 Å². The molecule has 0 amide bonds. The Morgan fingerprint density at radius 1 is 1.50 bits per heavy atom. The van der Waals surface area contributed by atoms with Gasteiger partial charge in [-0.1, -0.05) is 13.8 Å². The van der Waals surface area contributed by atoms with Crippen LogP contribution in [0.5, 0.6) is 0 Å². The van der Waals surface area contributed by atoms with Crippen molar-refractivity contribution in [2.45, 2.75) is 26.7 Å². The zero-order chi connectivity index (χ0) is 8.97. The minimum absolute atomic E-state index is 0.817. The normalized spacial score (nSPS) is 26.5. The molecule has 0 aliphatic carbocycles. The third kappa shape index (κ3) is 2.67. The Labute approximate surface area is 80.5 Å². The standard InChI is InChI=1S/C10H21NS/c1-8(2)10(3-5-11)9-4-6-12-7-9/h8-10H,3-7,11H2,1-2H3. The Balaban J connectivity index is 2.40. The monoisotopic (exact) mass is 187 g/mol. The van der Waals surface area contributed by atoms with Gasteiger partial charge in [0.15, 0.2) is 0 Å². The molecule has 1 aliphatic heterocycles. The van der Waals surface area contributed by atoms with Gasteiger partial charge in [-0.05, 0) is 48.6 Å². The van der Waals surface area contributed by atoms with Gasteiger partial charge in [-0.3, -0.25) is 0 Å². The molecule has 1 saturated heterocycles. The van der Waals surface area contributed by atoms with Crippen LogP contribution in [-0.2, 0) is 0 Å². The zero-order valence-electron chi connectivity index (χ0n) is 8.25. The van der Waals surface area contributed by atoms with Gasteiger partial charge in [-0.2, -0.15) is 11.8 Å². The first-order valence-electron chi connectivity index (χ1n) is 5.03. The van der Waals surface area contributed by atoms with Crippen LogP contribution in [0.3, 0.4) is 0 Å². The molecule has 1 aliphatic rings. The van der Waals surface area contributed by atoms with E-state index in [9.17, 15) is 0 Å².